The summed E-state index contributed by atoms with van der Waals surface area (Å²) < 4.78 is 1.04. The van der Waals surface area contributed by atoms with Gasteiger partial charge in [-0.3, -0.25) is 0 Å². The van der Waals surface area contributed by atoms with Crippen molar-refractivity contribution in [1.29, 1.82) is 5.26 Å². The third-order valence-electron chi connectivity index (χ3n) is 1.70. The number of halogens is 1. The first-order valence-electron chi connectivity index (χ1n) is 3.32. The number of hydrogen-bond donors (Lipinski definition) is 0. The molecule has 0 unspecified atom stereocenters. The van der Waals surface area contributed by atoms with Crippen LogP contribution >= 0.6 is 15.9 Å². The van der Waals surface area contributed by atoms with Crippen LogP contribution in [0.2, 0.25) is 0 Å². The maximum atomic E-state index is 8.66. The highest BCUT2D eigenvalue weighted by Crippen LogP contribution is 2.22. The first kappa shape index (κ1) is 8.29. The van der Waals surface area contributed by atoms with E-state index < -0.39 is 0 Å². The number of nitriles is 1. The summed E-state index contributed by atoms with van der Waals surface area (Å²) in [7, 11) is 0. The molecular weight excluding hydrogens is 202 g/mol. The molecule has 0 heterocycles. The van der Waals surface area contributed by atoms with Gasteiger partial charge in [-0.25, -0.2) is 0 Å². The standard InChI is InChI=1S/C9H8BrN/c1-6-3-4-8(5-11)7(2)9(6)10/h3-4H,1-2H3. The van der Waals surface area contributed by atoms with E-state index >= 15 is 0 Å². The first-order chi connectivity index (χ1) is 5.16. The normalized spacial score (nSPS) is 9.27. The molecule has 0 aliphatic carbocycles. The minimum absolute atomic E-state index is 0.738. The molecule has 0 aliphatic rings. The Morgan fingerprint density at radius 2 is 2.00 bits per heavy atom. The van der Waals surface area contributed by atoms with Crippen molar-refractivity contribution in [2.45, 2.75) is 13.8 Å². The minimum Gasteiger partial charge on any atom is -0.192 e. The van der Waals surface area contributed by atoms with Gasteiger partial charge in [0.2, 0.25) is 0 Å². The zero-order valence-corrected chi connectivity index (χ0v) is 8.07. The number of benzene rings is 1. The van der Waals surface area contributed by atoms with Crippen LogP contribution in [-0.4, -0.2) is 0 Å². The zero-order valence-electron chi connectivity index (χ0n) is 6.48. The summed E-state index contributed by atoms with van der Waals surface area (Å²) in [6.07, 6.45) is 0. The Labute approximate surface area is 74.8 Å². The molecule has 0 bridgehead atoms. The maximum absolute atomic E-state index is 8.66. The summed E-state index contributed by atoms with van der Waals surface area (Å²) in [5, 5.41) is 8.66. The van der Waals surface area contributed by atoms with Gasteiger partial charge in [0.1, 0.15) is 0 Å². The summed E-state index contributed by atoms with van der Waals surface area (Å²) in [6, 6.07) is 5.92. The van der Waals surface area contributed by atoms with Crippen LogP contribution < -0.4 is 0 Å². The van der Waals surface area contributed by atoms with Gasteiger partial charge in [0.15, 0.2) is 0 Å². The molecule has 0 atom stereocenters. The largest absolute Gasteiger partial charge is 0.192 e. The number of rotatable bonds is 0. The van der Waals surface area contributed by atoms with Gasteiger partial charge in [0.05, 0.1) is 11.6 Å². The molecule has 1 aromatic carbocycles. The molecule has 1 aromatic rings. The van der Waals surface area contributed by atoms with E-state index in [1.807, 2.05) is 26.0 Å². The van der Waals surface area contributed by atoms with Crippen molar-refractivity contribution in [2.24, 2.45) is 0 Å². The molecule has 0 spiro atoms. The van der Waals surface area contributed by atoms with Crippen molar-refractivity contribution in [3.8, 4) is 6.07 Å². The van der Waals surface area contributed by atoms with Crippen molar-refractivity contribution in [2.75, 3.05) is 0 Å². The van der Waals surface area contributed by atoms with Gasteiger partial charge in [-0.05, 0) is 31.0 Å². The van der Waals surface area contributed by atoms with Gasteiger partial charge < -0.3 is 0 Å². The third-order valence-corrected chi connectivity index (χ3v) is 2.92. The van der Waals surface area contributed by atoms with Gasteiger partial charge in [-0.1, -0.05) is 22.0 Å². The molecule has 0 saturated heterocycles. The van der Waals surface area contributed by atoms with Crippen LogP contribution in [0.5, 0.6) is 0 Å². The van der Waals surface area contributed by atoms with Gasteiger partial charge in [0, 0.05) is 4.47 Å². The average molecular weight is 210 g/mol. The second-order valence-electron chi connectivity index (χ2n) is 2.48. The molecular formula is C9H8BrN. The quantitative estimate of drug-likeness (QED) is 0.645. The predicted molar refractivity (Wildman–Crippen MR) is 48.3 cm³/mol. The van der Waals surface area contributed by atoms with Crippen molar-refractivity contribution >= 4 is 15.9 Å². The molecule has 0 saturated carbocycles. The Balaban J connectivity index is 3.40. The number of hydrogen-bond acceptors (Lipinski definition) is 1. The Morgan fingerprint density at radius 3 is 2.55 bits per heavy atom. The van der Waals surface area contributed by atoms with Crippen LogP contribution in [0.15, 0.2) is 16.6 Å². The van der Waals surface area contributed by atoms with E-state index in [2.05, 4.69) is 22.0 Å². The molecule has 11 heavy (non-hydrogen) atoms. The fourth-order valence-corrected chi connectivity index (χ4v) is 1.29. The van der Waals surface area contributed by atoms with Crippen LogP contribution in [0, 0.1) is 25.2 Å². The number of nitrogens with zero attached hydrogens (tertiary/aromatic N) is 1. The highest BCUT2D eigenvalue weighted by atomic mass is 79.9. The monoisotopic (exact) mass is 209 g/mol. The topological polar surface area (TPSA) is 23.8 Å². The third kappa shape index (κ3) is 1.44. The van der Waals surface area contributed by atoms with Crippen LogP contribution in [-0.2, 0) is 0 Å². The minimum atomic E-state index is 0.738. The highest BCUT2D eigenvalue weighted by molar-refractivity contribution is 9.10. The fourth-order valence-electron chi connectivity index (χ4n) is 0.942. The molecule has 0 fully saturated rings. The van der Waals surface area contributed by atoms with Crippen molar-refractivity contribution in [1.82, 2.24) is 0 Å². The van der Waals surface area contributed by atoms with Gasteiger partial charge in [-0.2, -0.15) is 5.26 Å². The van der Waals surface area contributed by atoms with E-state index in [0.717, 1.165) is 15.6 Å². The van der Waals surface area contributed by atoms with Crippen LogP contribution in [0.1, 0.15) is 16.7 Å². The average Bonchev–Trinajstić information content (AvgIpc) is 2.01. The lowest BCUT2D eigenvalue weighted by molar-refractivity contribution is 1.31. The Morgan fingerprint density at radius 1 is 1.36 bits per heavy atom. The molecule has 0 N–H and O–H groups in total. The molecule has 1 rings (SSSR count). The first-order valence-corrected chi connectivity index (χ1v) is 4.12. The van der Waals surface area contributed by atoms with E-state index in [-0.39, 0.29) is 0 Å². The van der Waals surface area contributed by atoms with Crippen molar-refractivity contribution < 1.29 is 0 Å². The van der Waals surface area contributed by atoms with Crippen LogP contribution in [0.3, 0.4) is 0 Å². The Bertz CT molecular complexity index is 323. The lowest BCUT2D eigenvalue weighted by atomic mass is 10.1. The van der Waals surface area contributed by atoms with E-state index in [1.54, 1.807) is 0 Å². The lowest BCUT2D eigenvalue weighted by Crippen LogP contribution is -1.86. The molecule has 0 amide bonds. The second-order valence-corrected chi connectivity index (χ2v) is 3.27. The van der Waals surface area contributed by atoms with E-state index in [0.29, 0.717) is 0 Å². The summed E-state index contributed by atoms with van der Waals surface area (Å²) in [5.41, 5.74) is 2.93. The van der Waals surface area contributed by atoms with Crippen LogP contribution in [0.25, 0.3) is 0 Å². The number of aryl methyl sites for hydroxylation is 1. The Kier molecular flexibility index (Phi) is 2.31. The summed E-state index contributed by atoms with van der Waals surface area (Å²) in [5.74, 6) is 0. The van der Waals surface area contributed by atoms with Crippen LogP contribution in [0.4, 0.5) is 0 Å². The second kappa shape index (κ2) is 3.06. The summed E-state index contributed by atoms with van der Waals surface area (Å²) in [6.45, 7) is 3.95. The van der Waals surface area contributed by atoms with Gasteiger partial charge >= 0.3 is 0 Å². The SMILES string of the molecule is Cc1ccc(C#N)c(C)c1Br. The molecule has 0 aromatic heterocycles. The Hall–Kier alpha value is -0.810. The summed E-state index contributed by atoms with van der Waals surface area (Å²) in [4.78, 5) is 0. The van der Waals surface area contributed by atoms with Crippen molar-refractivity contribution in [3.05, 3.63) is 33.3 Å². The van der Waals surface area contributed by atoms with E-state index in [9.17, 15) is 0 Å². The molecule has 0 radical (unpaired) electrons. The van der Waals surface area contributed by atoms with Crippen molar-refractivity contribution in [3.63, 3.8) is 0 Å². The molecule has 2 heteroatoms. The molecule has 56 valence electrons. The van der Waals surface area contributed by atoms with Gasteiger partial charge in [0.25, 0.3) is 0 Å². The summed E-state index contributed by atoms with van der Waals surface area (Å²) >= 11 is 3.42. The van der Waals surface area contributed by atoms with Gasteiger partial charge in [-0.15, -0.1) is 0 Å². The lowest BCUT2D eigenvalue weighted by Gasteiger charge is -2.02. The smallest absolute Gasteiger partial charge is 0.0994 e. The predicted octanol–water partition coefficient (Wildman–Crippen LogP) is 2.94. The maximum Gasteiger partial charge on any atom is 0.0994 e. The van der Waals surface area contributed by atoms with E-state index in [1.165, 1.54) is 5.56 Å². The highest BCUT2D eigenvalue weighted by Gasteiger charge is 2.02. The van der Waals surface area contributed by atoms with E-state index in [4.69, 9.17) is 5.26 Å². The molecule has 1 nitrogen and oxygen atoms in total. The zero-order chi connectivity index (χ0) is 8.43. The fraction of sp³-hybridized carbons (Fsp3) is 0.222. The molecule has 0 aliphatic heterocycles.